The lowest BCUT2D eigenvalue weighted by Gasteiger charge is -2.06. The fraction of sp³-hybridized carbons (Fsp3) is 0. The monoisotopic (exact) mass is 364 g/mol. The normalized spacial score (nSPS) is 11.5. The molecule has 0 aliphatic heterocycles. The van der Waals surface area contributed by atoms with Gasteiger partial charge in [0.25, 0.3) is 0 Å². The van der Waals surface area contributed by atoms with Crippen LogP contribution in [0.5, 0.6) is 0 Å². The van der Waals surface area contributed by atoms with Crippen LogP contribution in [-0.2, 0) is 9.84 Å². The van der Waals surface area contributed by atoms with Crippen molar-refractivity contribution < 1.29 is 8.42 Å². The van der Waals surface area contributed by atoms with E-state index in [2.05, 4.69) is 15.9 Å². The van der Waals surface area contributed by atoms with Crippen molar-refractivity contribution in [3.8, 4) is 0 Å². The van der Waals surface area contributed by atoms with Crippen LogP contribution in [0.2, 0.25) is 10.0 Å². The van der Waals surface area contributed by atoms with Crippen LogP contribution >= 0.6 is 39.1 Å². The summed E-state index contributed by atoms with van der Waals surface area (Å²) in [4.78, 5) is 0.377. The van der Waals surface area contributed by atoms with Gasteiger partial charge in [0.15, 0.2) is 0 Å². The third-order valence-corrected chi connectivity index (χ3v) is 5.56. The average molecular weight is 366 g/mol. The quantitative estimate of drug-likeness (QED) is 0.779. The Balaban J connectivity index is 2.54. The standard InChI is InChI=1S/C12H7BrCl2O2S/c13-11-7-10(5-6-12(11)15)18(16,17)9-3-1-8(14)2-4-9/h1-7H. The highest BCUT2D eigenvalue weighted by molar-refractivity contribution is 9.10. The van der Waals surface area contributed by atoms with E-state index >= 15 is 0 Å². The van der Waals surface area contributed by atoms with Gasteiger partial charge in [-0.05, 0) is 58.4 Å². The molecule has 0 unspecified atom stereocenters. The molecule has 0 aliphatic rings. The Bertz CT molecular complexity index is 682. The molecule has 6 heteroatoms. The fourth-order valence-electron chi connectivity index (χ4n) is 1.39. The maximum absolute atomic E-state index is 12.3. The molecule has 0 fully saturated rings. The lowest BCUT2D eigenvalue weighted by atomic mass is 10.4. The number of halogens is 3. The Labute approximate surface area is 124 Å². The Morgan fingerprint density at radius 2 is 1.44 bits per heavy atom. The van der Waals surface area contributed by atoms with E-state index in [9.17, 15) is 8.42 Å². The lowest BCUT2D eigenvalue weighted by Crippen LogP contribution is -2.01. The molecule has 2 rings (SSSR count). The number of hydrogen-bond acceptors (Lipinski definition) is 2. The van der Waals surface area contributed by atoms with Gasteiger partial charge in [0.05, 0.1) is 14.8 Å². The van der Waals surface area contributed by atoms with Crippen LogP contribution in [0.1, 0.15) is 0 Å². The minimum absolute atomic E-state index is 0.182. The molecule has 94 valence electrons. The van der Waals surface area contributed by atoms with E-state index in [0.29, 0.717) is 14.5 Å². The van der Waals surface area contributed by atoms with Crippen molar-refractivity contribution in [2.45, 2.75) is 9.79 Å². The molecule has 0 heterocycles. The van der Waals surface area contributed by atoms with E-state index in [4.69, 9.17) is 23.2 Å². The molecule has 0 atom stereocenters. The van der Waals surface area contributed by atoms with Gasteiger partial charge in [-0.2, -0.15) is 0 Å². The van der Waals surface area contributed by atoms with Crippen LogP contribution in [0, 0.1) is 0 Å². The van der Waals surface area contributed by atoms with Gasteiger partial charge >= 0.3 is 0 Å². The van der Waals surface area contributed by atoms with Crippen molar-refractivity contribution in [1.29, 1.82) is 0 Å². The second-order valence-electron chi connectivity index (χ2n) is 3.53. The van der Waals surface area contributed by atoms with Crippen LogP contribution in [0.15, 0.2) is 56.7 Å². The molecular formula is C12H7BrCl2O2S. The minimum atomic E-state index is -3.54. The van der Waals surface area contributed by atoms with Gasteiger partial charge in [-0.15, -0.1) is 0 Å². The third-order valence-electron chi connectivity index (χ3n) is 2.33. The van der Waals surface area contributed by atoms with Gasteiger partial charge < -0.3 is 0 Å². The van der Waals surface area contributed by atoms with E-state index in [0.717, 1.165) is 0 Å². The molecule has 0 saturated carbocycles. The third kappa shape index (κ3) is 2.72. The van der Waals surface area contributed by atoms with Gasteiger partial charge in [0, 0.05) is 9.50 Å². The van der Waals surface area contributed by atoms with E-state index in [1.54, 1.807) is 12.1 Å². The Kier molecular flexibility index (Phi) is 4.02. The number of hydrogen-bond donors (Lipinski definition) is 0. The van der Waals surface area contributed by atoms with Crippen molar-refractivity contribution in [2.75, 3.05) is 0 Å². The summed E-state index contributed by atoms with van der Waals surface area (Å²) in [5.74, 6) is 0. The smallest absolute Gasteiger partial charge is 0.206 e. The van der Waals surface area contributed by atoms with Gasteiger partial charge in [0.2, 0.25) is 9.84 Å². The first kappa shape index (κ1) is 13.9. The van der Waals surface area contributed by atoms with Gasteiger partial charge in [-0.25, -0.2) is 8.42 Å². The number of benzene rings is 2. The highest BCUT2D eigenvalue weighted by Gasteiger charge is 2.18. The zero-order valence-corrected chi connectivity index (χ0v) is 12.8. The van der Waals surface area contributed by atoms with Crippen LogP contribution in [0.3, 0.4) is 0 Å². The van der Waals surface area contributed by atoms with Crippen molar-refractivity contribution in [2.24, 2.45) is 0 Å². The molecule has 0 bridgehead atoms. The van der Waals surface area contributed by atoms with Gasteiger partial charge in [0.1, 0.15) is 0 Å². The predicted molar refractivity (Wildman–Crippen MR) is 76.1 cm³/mol. The summed E-state index contributed by atoms with van der Waals surface area (Å²) in [5, 5.41) is 0.955. The van der Waals surface area contributed by atoms with Crippen LogP contribution < -0.4 is 0 Å². The molecule has 0 saturated heterocycles. The predicted octanol–water partition coefficient (Wildman–Crippen LogP) is 4.59. The van der Waals surface area contributed by atoms with E-state index < -0.39 is 9.84 Å². The fourth-order valence-corrected chi connectivity index (χ4v) is 3.45. The maximum Gasteiger partial charge on any atom is 0.206 e. The van der Waals surface area contributed by atoms with Crippen LogP contribution in [0.4, 0.5) is 0 Å². The zero-order chi connectivity index (χ0) is 13.3. The average Bonchev–Trinajstić information content (AvgIpc) is 2.33. The maximum atomic E-state index is 12.3. The van der Waals surface area contributed by atoms with Crippen LogP contribution in [-0.4, -0.2) is 8.42 Å². The summed E-state index contributed by atoms with van der Waals surface area (Å²) in [6, 6.07) is 10.5. The first-order chi connectivity index (χ1) is 8.41. The van der Waals surface area contributed by atoms with E-state index in [1.165, 1.54) is 30.3 Å². The molecule has 0 spiro atoms. The number of sulfone groups is 1. The van der Waals surface area contributed by atoms with E-state index in [-0.39, 0.29) is 9.79 Å². The molecule has 0 aromatic heterocycles. The minimum Gasteiger partial charge on any atom is -0.219 e. The summed E-state index contributed by atoms with van der Waals surface area (Å²) in [5.41, 5.74) is 0. The molecule has 18 heavy (non-hydrogen) atoms. The molecule has 2 aromatic rings. The summed E-state index contributed by atoms with van der Waals surface area (Å²) < 4.78 is 25.1. The SMILES string of the molecule is O=S(=O)(c1ccc(Cl)cc1)c1ccc(Cl)c(Br)c1. The Hall–Kier alpha value is -0.550. The number of rotatable bonds is 2. The molecule has 2 aromatic carbocycles. The largest absolute Gasteiger partial charge is 0.219 e. The van der Waals surface area contributed by atoms with Crippen molar-refractivity contribution in [1.82, 2.24) is 0 Å². The molecule has 0 radical (unpaired) electrons. The molecular weight excluding hydrogens is 359 g/mol. The van der Waals surface area contributed by atoms with Crippen LogP contribution in [0.25, 0.3) is 0 Å². The van der Waals surface area contributed by atoms with Crippen molar-refractivity contribution >= 4 is 49.0 Å². The topological polar surface area (TPSA) is 34.1 Å². The summed E-state index contributed by atoms with van der Waals surface area (Å²) in [6.45, 7) is 0. The van der Waals surface area contributed by atoms with Gasteiger partial charge in [-0.1, -0.05) is 23.2 Å². The first-order valence-electron chi connectivity index (χ1n) is 4.87. The highest BCUT2D eigenvalue weighted by atomic mass is 79.9. The van der Waals surface area contributed by atoms with Crippen molar-refractivity contribution in [3.05, 3.63) is 57.0 Å². The molecule has 0 amide bonds. The summed E-state index contributed by atoms with van der Waals surface area (Å²) in [6.07, 6.45) is 0. The first-order valence-corrected chi connectivity index (χ1v) is 7.90. The van der Waals surface area contributed by atoms with Crippen molar-refractivity contribution in [3.63, 3.8) is 0 Å². The van der Waals surface area contributed by atoms with E-state index in [1.807, 2.05) is 0 Å². The van der Waals surface area contributed by atoms with Gasteiger partial charge in [-0.3, -0.25) is 0 Å². The molecule has 0 aliphatic carbocycles. The zero-order valence-electron chi connectivity index (χ0n) is 8.90. The Morgan fingerprint density at radius 3 is 2.00 bits per heavy atom. The lowest BCUT2D eigenvalue weighted by molar-refractivity contribution is 0.596. The molecule has 2 nitrogen and oxygen atoms in total. The second kappa shape index (κ2) is 5.21. The second-order valence-corrected chi connectivity index (χ2v) is 7.18. The highest BCUT2D eigenvalue weighted by Crippen LogP contribution is 2.29. The summed E-state index contributed by atoms with van der Waals surface area (Å²) in [7, 11) is -3.54. The molecule has 0 N–H and O–H groups in total. The summed E-state index contributed by atoms with van der Waals surface area (Å²) >= 11 is 14.8. The Morgan fingerprint density at radius 1 is 0.889 bits per heavy atom.